The average molecular weight is 276 g/mol. The summed E-state index contributed by atoms with van der Waals surface area (Å²) in [6.07, 6.45) is 4.08. The zero-order chi connectivity index (χ0) is 14.5. The molecule has 4 heteroatoms. The second-order valence-electron chi connectivity index (χ2n) is 4.39. The van der Waals surface area contributed by atoms with Crippen molar-refractivity contribution in [3.05, 3.63) is 47.9 Å². The first-order chi connectivity index (χ1) is 9.86. The standard InChI is InChI=1S/C16H25BO3/c1-3-19-17(20-4-2)13-9-6-10-14-18-15-16-11-7-5-8-12-16/h5,7-9,11-13H,3-4,6,10,14-15H2,1-2H3/b13-9+. The number of hydrogen-bond acceptors (Lipinski definition) is 3. The fourth-order valence-corrected chi connectivity index (χ4v) is 1.76. The van der Waals surface area contributed by atoms with E-state index in [-0.39, 0.29) is 7.12 Å². The number of ether oxygens (including phenoxy) is 1. The zero-order valence-electron chi connectivity index (χ0n) is 12.6. The molecule has 0 spiro atoms. The molecule has 1 aromatic carbocycles. The van der Waals surface area contributed by atoms with E-state index >= 15 is 0 Å². The summed E-state index contributed by atoms with van der Waals surface area (Å²) >= 11 is 0. The predicted octanol–water partition coefficient (Wildman–Crippen LogP) is 3.64. The van der Waals surface area contributed by atoms with Crippen LogP contribution in [0.2, 0.25) is 0 Å². The van der Waals surface area contributed by atoms with Crippen LogP contribution in [0.25, 0.3) is 0 Å². The first kappa shape index (κ1) is 17.0. The molecule has 20 heavy (non-hydrogen) atoms. The smallest absolute Gasteiger partial charge is 0.408 e. The number of hydrogen-bond donors (Lipinski definition) is 0. The summed E-state index contributed by atoms with van der Waals surface area (Å²) in [5, 5.41) is 0. The fraction of sp³-hybridized carbons (Fsp3) is 0.500. The van der Waals surface area contributed by atoms with Gasteiger partial charge < -0.3 is 14.0 Å². The quantitative estimate of drug-likeness (QED) is 0.456. The van der Waals surface area contributed by atoms with Crippen LogP contribution >= 0.6 is 0 Å². The van der Waals surface area contributed by atoms with Crippen molar-refractivity contribution in [1.29, 1.82) is 0 Å². The van der Waals surface area contributed by atoms with Crippen LogP contribution in [0.15, 0.2) is 42.4 Å². The van der Waals surface area contributed by atoms with Gasteiger partial charge in [-0.05, 0) is 32.3 Å². The molecule has 0 aliphatic rings. The molecule has 0 aliphatic carbocycles. The van der Waals surface area contributed by atoms with Gasteiger partial charge in [-0.2, -0.15) is 0 Å². The van der Waals surface area contributed by atoms with Crippen LogP contribution in [-0.4, -0.2) is 26.9 Å². The summed E-state index contributed by atoms with van der Waals surface area (Å²) in [7, 11) is -0.213. The van der Waals surface area contributed by atoms with E-state index < -0.39 is 0 Å². The van der Waals surface area contributed by atoms with Crippen LogP contribution in [0.1, 0.15) is 32.3 Å². The van der Waals surface area contributed by atoms with Gasteiger partial charge in [-0.15, -0.1) is 0 Å². The Morgan fingerprint density at radius 1 is 1.05 bits per heavy atom. The van der Waals surface area contributed by atoms with Crippen LogP contribution in [0.3, 0.4) is 0 Å². The van der Waals surface area contributed by atoms with Gasteiger partial charge in [0.2, 0.25) is 0 Å². The maximum absolute atomic E-state index is 5.63. The third-order valence-electron chi connectivity index (χ3n) is 2.73. The van der Waals surface area contributed by atoms with E-state index in [0.29, 0.717) is 19.8 Å². The van der Waals surface area contributed by atoms with Crippen LogP contribution in [0.4, 0.5) is 0 Å². The zero-order valence-corrected chi connectivity index (χ0v) is 12.6. The molecule has 0 fully saturated rings. The van der Waals surface area contributed by atoms with E-state index in [2.05, 4.69) is 18.2 Å². The van der Waals surface area contributed by atoms with Crippen LogP contribution in [0, 0.1) is 0 Å². The normalized spacial score (nSPS) is 11.1. The second-order valence-corrected chi connectivity index (χ2v) is 4.39. The molecule has 3 nitrogen and oxygen atoms in total. The van der Waals surface area contributed by atoms with Crippen molar-refractivity contribution in [2.75, 3.05) is 19.8 Å². The first-order valence-electron chi connectivity index (χ1n) is 7.38. The molecule has 0 heterocycles. The number of unbranched alkanes of at least 4 members (excludes halogenated alkanes) is 1. The molecule has 0 aromatic heterocycles. The maximum atomic E-state index is 5.63. The molecule has 0 radical (unpaired) electrons. The number of rotatable bonds is 11. The van der Waals surface area contributed by atoms with E-state index in [0.717, 1.165) is 19.4 Å². The minimum atomic E-state index is -0.213. The van der Waals surface area contributed by atoms with E-state index in [1.54, 1.807) is 0 Å². The molecular formula is C16H25BO3. The van der Waals surface area contributed by atoms with E-state index in [9.17, 15) is 0 Å². The molecule has 0 bridgehead atoms. The largest absolute Gasteiger partial charge is 0.485 e. The molecule has 0 aliphatic heterocycles. The molecule has 0 atom stereocenters. The SMILES string of the molecule is CCOB(/C=C/CCCOCc1ccccc1)OCC. The Kier molecular flexibility index (Phi) is 9.93. The monoisotopic (exact) mass is 276 g/mol. The topological polar surface area (TPSA) is 27.7 Å². The molecule has 0 saturated carbocycles. The summed E-state index contributed by atoms with van der Waals surface area (Å²) in [5.41, 5.74) is 1.22. The predicted molar refractivity (Wildman–Crippen MR) is 83.5 cm³/mol. The van der Waals surface area contributed by atoms with Gasteiger partial charge in [0.15, 0.2) is 0 Å². The molecule has 0 amide bonds. The van der Waals surface area contributed by atoms with E-state index in [1.165, 1.54) is 5.56 Å². The molecule has 1 rings (SSSR count). The molecule has 0 unspecified atom stereocenters. The van der Waals surface area contributed by atoms with Crippen molar-refractivity contribution in [3.63, 3.8) is 0 Å². The van der Waals surface area contributed by atoms with E-state index in [1.807, 2.05) is 38.0 Å². The Morgan fingerprint density at radius 2 is 1.75 bits per heavy atom. The second kappa shape index (κ2) is 11.7. The van der Waals surface area contributed by atoms with Gasteiger partial charge in [0.1, 0.15) is 0 Å². The van der Waals surface area contributed by atoms with Crippen molar-refractivity contribution in [3.8, 4) is 0 Å². The highest BCUT2D eigenvalue weighted by Gasteiger charge is 2.10. The Bertz CT molecular complexity index is 348. The minimum Gasteiger partial charge on any atom is -0.408 e. The molecule has 110 valence electrons. The summed E-state index contributed by atoms with van der Waals surface area (Å²) in [6.45, 7) is 6.72. The summed E-state index contributed by atoms with van der Waals surface area (Å²) in [6, 6.07) is 10.2. The van der Waals surface area contributed by atoms with Gasteiger partial charge in [0.05, 0.1) is 6.61 Å². The van der Waals surface area contributed by atoms with Gasteiger partial charge in [-0.3, -0.25) is 0 Å². The molecule has 0 N–H and O–H groups in total. The highest BCUT2D eigenvalue weighted by Crippen LogP contribution is 2.02. The number of benzene rings is 1. The van der Waals surface area contributed by atoms with Gasteiger partial charge in [-0.25, -0.2) is 0 Å². The third kappa shape index (κ3) is 8.15. The lowest BCUT2D eigenvalue weighted by Crippen LogP contribution is -2.20. The Balaban J connectivity index is 2.06. The first-order valence-corrected chi connectivity index (χ1v) is 7.38. The van der Waals surface area contributed by atoms with Crippen LogP contribution in [0.5, 0.6) is 0 Å². The Hall–Kier alpha value is -1.10. The highest BCUT2D eigenvalue weighted by atomic mass is 16.6. The van der Waals surface area contributed by atoms with Crippen LogP contribution in [-0.2, 0) is 20.7 Å². The van der Waals surface area contributed by atoms with E-state index in [4.69, 9.17) is 14.0 Å². The lowest BCUT2D eigenvalue weighted by atomic mass is 9.89. The Labute approximate surface area is 123 Å². The molecule has 1 aromatic rings. The van der Waals surface area contributed by atoms with Crippen molar-refractivity contribution in [2.45, 2.75) is 33.3 Å². The average Bonchev–Trinajstić information content (AvgIpc) is 2.47. The molecule has 0 saturated heterocycles. The highest BCUT2D eigenvalue weighted by molar-refractivity contribution is 6.50. The summed E-state index contributed by atoms with van der Waals surface area (Å²) < 4.78 is 16.5. The summed E-state index contributed by atoms with van der Waals surface area (Å²) in [5.74, 6) is 1.98. The third-order valence-corrected chi connectivity index (χ3v) is 2.73. The lowest BCUT2D eigenvalue weighted by Gasteiger charge is -2.07. The Morgan fingerprint density at radius 3 is 2.40 bits per heavy atom. The van der Waals surface area contributed by atoms with Gasteiger partial charge in [0.25, 0.3) is 0 Å². The van der Waals surface area contributed by atoms with Gasteiger partial charge >= 0.3 is 7.12 Å². The van der Waals surface area contributed by atoms with Crippen molar-refractivity contribution in [2.24, 2.45) is 0 Å². The minimum absolute atomic E-state index is 0.213. The van der Waals surface area contributed by atoms with Crippen molar-refractivity contribution < 1.29 is 14.0 Å². The van der Waals surface area contributed by atoms with Gasteiger partial charge in [-0.1, -0.05) is 42.4 Å². The fourth-order valence-electron chi connectivity index (χ4n) is 1.76. The van der Waals surface area contributed by atoms with Crippen molar-refractivity contribution in [1.82, 2.24) is 0 Å². The molecular weight excluding hydrogens is 251 g/mol. The van der Waals surface area contributed by atoms with Gasteiger partial charge in [0, 0.05) is 19.8 Å². The lowest BCUT2D eigenvalue weighted by molar-refractivity contribution is 0.119. The number of allylic oxidation sites excluding steroid dienone is 1. The maximum Gasteiger partial charge on any atom is 0.485 e. The summed E-state index contributed by atoms with van der Waals surface area (Å²) in [4.78, 5) is 0. The van der Waals surface area contributed by atoms with Crippen molar-refractivity contribution >= 4 is 7.12 Å². The van der Waals surface area contributed by atoms with Crippen LogP contribution < -0.4 is 0 Å².